The van der Waals surface area contributed by atoms with Gasteiger partial charge in [-0.1, -0.05) is 0 Å². The maximum absolute atomic E-state index is 10.4. The summed E-state index contributed by atoms with van der Waals surface area (Å²) < 4.78 is 5.02. The Morgan fingerprint density at radius 2 is 2.43 bits per heavy atom. The van der Waals surface area contributed by atoms with Crippen LogP contribution in [0.5, 0.6) is 0 Å². The fraction of sp³-hybridized carbons (Fsp3) is 0.250. The summed E-state index contributed by atoms with van der Waals surface area (Å²) in [5, 5.41) is 12.8. The van der Waals surface area contributed by atoms with Crippen LogP contribution in [-0.4, -0.2) is 17.5 Å². The van der Waals surface area contributed by atoms with Crippen molar-refractivity contribution in [2.24, 2.45) is 0 Å². The lowest BCUT2D eigenvalue weighted by atomic mass is 10.2. The van der Waals surface area contributed by atoms with Crippen molar-refractivity contribution >= 4 is 5.94 Å². The standard InChI is InChI=1S/C8H8N2O4/c1-2-14-8-3-6(10(12)13)4-9-7(8)5-11/h3-4,9H,2H2,1H3. The summed E-state index contributed by atoms with van der Waals surface area (Å²) in [6.45, 7) is 2.04. The zero-order valence-corrected chi connectivity index (χ0v) is 7.44. The van der Waals surface area contributed by atoms with Crippen LogP contribution in [0.3, 0.4) is 0 Å². The van der Waals surface area contributed by atoms with Crippen LogP contribution < -0.4 is 5.32 Å². The second-order valence-electron chi connectivity index (χ2n) is 2.39. The lowest BCUT2D eigenvalue weighted by molar-refractivity contribution is -0.419. The number of carbonyl (C=O) groups excluding carboxylic acids is 1. The Bertz CT molecular complexity index is 364. The molecule has 74 valence electrons. The molecule has 0 aliphatic carbocycles. The van der Waals surface area contributed by atoms with Crippen molar-refractivity contribution in [1.82, 2.24) is 5.32 Å². The number of nitro groups is 1. The second kappa shape index (κ2) is 4.25. The summed E-state index contributed by atoms with van der Waals surface area (Å²) in [5.41, 5.74) is -0.0927. The van der Waals surface area contributed by atoms with Gasteiger partial charge in [0, 0.05) is 0 Å². The molecule has 6 nitrogen and oxygen atoms in total. The monoisotopic (exact) mass is 196 g/mol. The molecule has 14 heavy (non-hydrogen) atoms. The van der Waals surface area contributed by atoms with Gasteiger partial charge in [-0.15, -0.1) is 0 Å². The molecule has 1 aliphatic heterocycles. The molecule has 6 heteroatoms. The predicted molar refractivity (Wildman–Crippen MR) is 47.1 cm³/mol. The molecule has 0 fully saturated rings. The highest BCUT2D eigenvalue weighted by Gasteiger charge is 2.19. The second-order valence-corrected chi connectivity index (χ2v) is 2.39. The predicted octanol–water partition coefficient (Wildman–Crippen LogP) is 0.344. The number of ether oxygens (including phenoxy) is 1. The number of hydrogen-bond acceptors (Lipinski definition) is 5. The van der Waals surface area contributed by atoms with Gasteiger partial charge in [-0.3, -0.25) is 10.1 Å². The van der Waals surface area contributed by atoms with Crippen LogP contribution in [0, 0.1) is 10.1 Å². The molecule has 0 aromatic carbocycles. The van der Waals surface area contributed by atoms with Crippen molar-refractivity contribution in [3.8, 4) is 0 Å². The van der Waals surface area contributed by atoms with Crippen molar-refractivity contribution < 1.29 is 14.5 Å². The van der Waals surface area contributed by atoms with E-state index in [-0.39, 0.29) is 17.2 Å². The van der Waals surface area contributed by atoms with E-state index in [1.54, 1.807) is 12.9 Å². The lowest BCUT2D eigenvalue weighted by Gasteiger charge is -2.12. The van der Waals surface area contributed by atoms with Crippen LogP contribution in [0.1, 0.15) is 6.92 Å². The zero-order chi connectivity index (χ0) is 10.6. The Balaban J connectivity index is 2.98. The van der Waals surface area contributed by atoms with Crippen LogP contribution in [-0.2, 0) is 9.53 Å². The quantitative estimate of drug-likeness (QED) is 0.400. The molecule has 0 saturated carbocycles. The number of dihydropyridines is 1. The molecule has 0 saturated heterocycles. The van der Waals surface area contributed by atoms with Gasteiger partial charge in [0.2, 0.25) is 0 Å². The average Bonchev–Trinajstić information content (AvgIpc) is 2.18. The van der Waals surface area contributed by atoms with Gasteiger partial charge in [0.25, 0.3) is 5.70 Å². The largest absolute Gasteiger partial charge is 0.491 e. The van der Waals surface area contributed by atoms with Crippen molar-refractivity contribution in [3.63, 3.8) is 0 Å². The van der Waals surface area contributed by atoms with Crippen molar-refractivity contribution in [2.45, 2.75) is 6.92 Å². The summed E-state index contributed by atoms with van der Waals surface area (Å²) in [4.78, 5) is 20.2. The molecule has 1 rings (SSSR count). The van der Waals surface area contributed by atoms with Gasteiger partial charge in [0.1, 0.15) is 0 Å². The Hall–Kier alpha value is -2.07. The van der Waals surface area contributed by atoms with Crippen LogP contribution in [0.2, 0.25) is 0 Å². The normalized spacial score (nSPS) is 14.8. The molecule has 0 unspecified atom stereocenters. The molecular weight excluding hydrogens is 188 g/mol. The number of allylic oxidation sites excluding steroid dienone is 1. The fourth-order valence-corrected chi connectivity index (χ4v) is 0.920. The Morgan fingerprint density at radius 3 is 2.93 bits per heavy atom. The van der Waals surface area contributed by atoms with Crippen LogP contribution in [0.4, 0.5) is 0 Å². The van der Waals surface area contributed by atoms with Gasteiger partial charge in [0.05, 0.1) is 23.8 Å². The molecular formula is C8H8N2O4. The van der Waals surface area contributed by atoms with E-state index in [0.717, 1.165) is 6.20 Å². The maximum atomic E-state index is 10.4. The Morgan fingerprint density at radius 1 is 1.71 bits per heavy atom. The molecule has 0 aromatic rings. The van der Waals surface area contributed by atoms with E-state index in [1.807, 2.05) is 0 Å². The molecule has 1 N–H and O–H groups in total. The highest BCUT2D eigenvalue weighted by molar-refractivity contribution is 5.60. The molecule has 0 amide bonds. The van der Waals surface area contributed by atoms with Gasteiger partial charge in [-0.2, -0.15) is 0 Å². The minimum Gasteiger partial charge on any atom is -0.491 e. The molecule has 0 bridgehead atoms. The molecule has 1 heterocycles. The average molecular weight is 196 g/mol. The summed E-state index contributed by atoms with van der Waals surface area (Å²) in [5.74, 6) is 1.73. The van der Waals surface area contributed by atoms with Crippen molar-refractivity contribution in [3.05, 3.63) is 39.5 Å². The fourth-order valence-electron chi connectivity index (χ4n) is 0.920. The first-order valence-corrected chi connectivity index (χ1v) is 3.90. The third kappa shape index (κ3) is 1.99. The minimum absolute atomic E-state index is 0.0671. The van der Waals surface area contributed by atoms with E-state index in [1.165, 1.54) is 6.08 Å². The van der Waals surface area contributed by atoms with Gasteiger partial charge in [-0.25, -0.2) is 4.79 Å². The van der Waals surface area contributed by atoms with Gasteiger partial charge in [0.15, 0.2) is 17.4 Å². The van der Waals surface area contributed by atoms with Gasteiger partial charge >= 0.3 is 0 Å². The Labute approximate surface area is 79.7 Å². The van der Waals surface area contributed by atoms with Crippen LogP contribution >= 0.6 is 0 Å². The van der Waals surface area contributed by atoms with E-state index in [2.05, 4.69) is 5.32 Å². The topological polar surface area (TPSA) is 81.5 Å². The summed E-state index contributed by atoms with van der Waals surface area (Å²) in [6, 6.07) is 0. The van der Waals surface area contributed by atoms with E-state index in [4.69, 9.17) is 4.74 Å². The molecule has 0 spiro atoms. The van der Waals surface area contributed by atoms with Crippen LogP contribution in [0.25, 0.3) is 0 Å². The minimum atomic E-state index is -0.576. The number of hydrogen-bond donors (Lipinski definition) is 1. The molecule has 0 radical (unpaired) electrons. The first-order chi connectivity index (χ1) is 6.69. The summed E-state index contributed by atoms with van der Waals surface area (Å²) in [7, 11) is 0. The number of rotatable bonds is 3. The van der Waals surface area contributed by atoms with E-state index in [9.17, 15) is 14.9 Å². The number of nitrogens with zero attached hydrogens (tertiary/aromatic N) is 1. The highest BCUT2D eigenvalue weighted by atomic mass is 16.6. The molecule has 0 atom stereocenters. The maximum Gasteiger partial charge on any atom is 0.289 e. The third-order valence-corrected chi connectivity index (χ3v) is 1.50. The summed E-state index contributed by atoms with van der Waals surface area (Å²) >= 11 is 0. The Kier molecular flexibility index (Phi) is 3.04. The van der Waals surface area contributed by atoms with E-state index in [0.29, 0.717) is 6.61 Å². The zero-order valence-electron chi connectivity index (χ0n) is 7.44. The van der Waals surface area contributed by atoms with E-state index < -0.39 is 4.92 Å². The highest BCUT2D eigenvalue weighted by Crippen LogP contribution is 2.15. The van der Waals surface area contributed by atoms with Gasteiger partial charge in [-0.05, 0) is 6.92 Å². The third-order valence-electron chi connectivity index (χ3n) is 1.50. The van der Waals surface area contributed by atoms with E-state index >= 15 is 0 Å². The molecule has 0 aromatic heterocycles. The first-order valence-electron chi connectivity index (χ1n) is 3.90. The van der Waals surface area contributed by atoms with Gasteiger partial charge < -0.3 is 10.1 Å². The summed E-state index contributed by atoms with van der Waals surface area (Å²) in [6.07, 6.45) is 2.29. The van der Waals surface area contributed by atoms with Crippen LogP contribution in [0.15, 0.2) is 29.4 Å². The first kappa shape index (κ1) is 10.0. The van der Waals surface area contributed by atoms with Crippen molar-refractivity contribution in [1.29, 1.82) is 0 Å². The SMILES string of the molecule is CCOC1=CC([N+](=O)[O-])=CNC1=C=O. The smallest absolute Gasteiger partial charge is 0.289 e. The van der Waals surface area contributed by atoms with Crippen molar-refractivity contribution in [2.75, 3.05) is 6.61 Å². The number of nitrogens with one attached hydrogen (secondary N) is 1. The molecule has 1 aliphatic rings. The lowest BCUT2D eigenvalue weighted by Crippen LogP contribution is -2.18.